The minimum atomic E-state index is -0.394. The molecule has 4 heterocycles. The molecular formula is C29H35N7O3. The summed E-state index contributed by atoms with van der Waals surface area (Å²) >= 11 is 0. The highest BCUT2D eigenvalue weighted by molar-refractivity contribution is 5.85. The summed E-state index contributed by atoms with van der Waals surface area (Å²) < 4.78 is 13.3. The lowest BCUT2D eigenvalue weighted by Gasteiger charge is -2.40. The van der Waals surface area contributed by atoms with E-state index in [1.807, 2.05) is 41.9 Å². The number of nitrogens with one attached hydrogen (secondary N) is 1. The second-order valence-electron chi connectivity index (χ2n) is 10.5. The Morgan fingerprint density at radius 2 is 1.90 bits per heavy atom. The molecule has 2 atom stereocenters. The van der Waals surface area contributed by atoms with Gasteiger partial charge in [-0.15, -0.1) is 5.10 Å². The zero-order chi connectivity index (χ0) is 26.9. The Morgan fingerprint density at radius 3 is 2.67 bits per heavy atom. The van der Waals surface area contributed by atoms with E-state index < -0.39 is 6.04 Å². The van der Waals surface area contributed by atoms with Crippen LogP contribution in [0, 0.1) is 13.8 Å². The highest BCUT2D eigenvalue weighted by Crippen LogP contribution is 2.33. The van der Waals surface area contributed by atoms with Crippen molar-refractivity contribution < 1.29 is 9.47 Å². The number of para-hydroxylation sites is 2. The number of hydrogen-bond acceptors (Lipinski definition) is 8. The first kappa shape index (κ1) is 25.5. The van der Waals surface area contributed by atoms with Gasteiger partial charge in [-0.2, -0.15) is 0 Å². The third-order valence-electron chi connectivity index (χ3n) is 8.08. The van der Waals surface area contributed by atoms with Crippen LogP contribution in [-0.4, -0.2) is 76.1 Å². The molecule has 2 aromatic carbocycles. The van der Waals surface area contributed by atoms with Crippen molar-refractivity contribution in [3.05, 3.63) is 75.3 Å². The van der Waals surface area contributed by atoms with Crippen LogP contribution in [0.3, 0.4) is 0 Å². The van der Waals surface area contributed by atoms with Crippen LogP contribution in [0.25, 0.3) is 10.9 Å². The number of tetrazole rings is 1. The average molecular weight is 530 g/mol. The Labute approximate surface area is 227 Å². The summed E-state index contributed by atoms with van der Waals surface area (Å²) in [7, 11) is 1.70. The quantitative estimate of drug-likeness (QED) is 0.390. The van der Waals surface area contributed by atoms with Crippen LogP contribution in [0.2, 0.25) is 0 Å². The molecule has 0 amide bonds. The average Bonchev–Trinajstić information content (AvgIpc) is 3.65. The van der Waals surface area contributed by atoms with Gasteiger partial charge in [-0.3, -0.25) is 9.69 Å². The molecule has 39 heavy (non-hydrogen) atoms. The van der Waals surface area contributed by atoms with Crippen molar-refractivity contribution in [1.29, 1.82) is 0 Å². The monoisotopic (exact) mass is 529 g/mol. The van der Waals surface area contributed by atoms with E-state index in [-0.39, 0.29) is 11.7 Å². The summed E-state index contributed by atoms with van der Waals surface area (Å²) in [4.78, 5) is 21.5. The smallest absolute Gasteiger partial charge is 0.253 e. The SMILES string of the molecule is COc1ccccc1N1CCN([C@@H](c2cc3c(C)ccc(C)c3[nH]c2=O)c2nnnn2C[C@@H]2CCCO2)CC1. The molecule has 2 aromatic heterocycles. The molecule has 0 unspecified atom stereocenters. The van der Waals surface area contributed by atoms with E-state index in [1.165, 1.54) is 0 Å². The number of aromatic amines is 1. The van der Waals surface area contributed by atoms with Crippen LogP contribution in [-0.2, 0) is 11.3 Å². The van der Waals surface area contributed by atoms with E-state index in [4.69, 9.17) is 9.47 Å². The molecule has 0 radical (unpaired) electrons. The molecule has 1 N–H and O–H groups in total. The molecule has 0 aliphatic carbocycles. The summed E-state index contributed by atoms with van der Waals surface area (Å²) in [5.41, 5.74) is 4.66. The van der Waals surface area contributed by atoms with Crippen LogP contribution < -0.4 is 15.2 Å². The van der Waals surface area contributed by atoms with Crippen LogP contribution >= 0.6 is 0 Å². The van der Waals surface area contributed by atoms with E-state index in [1.54, 1.807) is 7.11 Å². The standard InChI is InChI=1S/C29H35N7O3/c1-19-10-11-20(2)26-22(19)17-23(29(37)30-26)27(28-31-32-33-36(28)18-21-7-6-16-39-21)35-14-12-34(13-15-35)24-8-4-5-9-25(24)38-3/h4-5,8-11,17,21,27H,6-7,12-16,18H2,1-3H3,(H,30,37)/t21-,27-/m0/s1. The Hall–Kier alpha value is -3.76. The lowest BCUT2D eigenvalue weighted by molar-refractivity contribution is 0.0906. The van der Waals surface area contributed by atoms with Gasteiger partial charge in [0, 0.05) is 43.7 Å². The largest absolute Gasteiger partial charge is 0.495 e. The molecule has 2 saturated heterocycles. The number of pyridine rings is 1. The van der Waals surface area contributed by atoms with Crippen molar-refractivity contribution >= 4 is 16.6 Å². The first-order valence-corrected chi connectivity index (χ1v) is 13.7. The second kappa shape index (κ2) is 10.8. The fourth-order valence-electron chi connectivity index (χ4n) is 5.92. The van der Waals surface area contributed by atoms with E-state index in [2.05, 4.69) is 49.4 Å². The highest BCUT2D eigenvalue weighted by Gasteiger charge is 2.34. The number of aromatic nitrogens is 5. The van der Waals surface area contributed by atoms with Gasteiger partial charge in [-0.25, -0.2) is 4.68 Å². The van der Waals surface area contributed by atoms with Gasteiger partial charge in [0.2, 0.25) is 0 Å². The number of methoxy groups -OCH3 is 1. The van der Waals surface area contributed by atoms with E-state index in [9.17, 15) is 4.79 Å². The Morgan fingerprint density at radius 1 is 1.10 bits per heavy atom. The summed E-state index contributed by atoms with van der Waals surface area (Å²) in [5.74, 6) is 1.53. The lowest BCUT2D eigenvalue weighted by Crippen LogP contribution is -2.49. The molecule has 2 fully saturated rings. The van der Waals surface area contributed by atoms with Gasteiger partial charge in [0.25, 0.3) is 5.56 Å². The molecule has 10 nitrogen and oxygen atoms in total. The van der Waals surface area contributed by atoms with Crippen molar-refractivity contribution in [3.8, 4) is 5.75 Å². The zero-order valence-electron chi connectivity index (χ0n) is 22.8. The van der Waals surface area contributed by atoms with E-state index in [0.29, 0.717) is 17.9 Å². The van der Waals surface area contributed by atoms with Crippen molar-refractivity contribution in [2.75, 3.05) is 44.8 Å². The van der Waals surface area contributed by atoms with Gasteiger partial charge in [0.1, 0.15) is 11.8 Å². The Bertz CT molecular complexity index is 1520. The molecule has 0 spiro atoms. The first-order chi connectivity index (χ1) is 19.0. The highest BCUT2D eigenvalue weighted by atomic mass is 16.5. The molecule has 0 saturated carbocycles. The molecule has 204 valence electrons. The van der Waals surface area contributed by atoms with Gasteiger partial charge in [0.05, 0.1) is 31.0 Å². The number of fused-ring (bicyclic) bond motifs is 1. The number of hydrogen-bond donors (Lipinski definition) is 1. The van der Waals surface area contributed by atoms with Crippen molar-refractivity contribution in [2.24, 2.45) is 0 Å². The second-order valence-corrected chi connectivity index (χ2v) is 10.5. The molecule has 4 aromatic rings. The maximum absolute atomic E-state index is 13.7. The molecule has 2 aliphatic rings. The Kier molecular flexibility index (Phi) is 7.05. The normalized spacial score (nSPS) is 19.1. The predicted octanol–water partition coefficient (Wildman–Crippen LogP) is 3.23. The lowest BCUT2D eigenvalue weighted by atomic mass is 9.99. The molecular weight excluding hydrogens is 494 g/mol. The maximum atomic E-state index is 13.7. The van der Waals surface area contributed by atoms with Crippen LogP contribution in [0.1, 0.15) is 41.4 Å². The number of benzene rings is 2. The van der Waals surface area contributed by atoms with Gasteiger partial charge in [0.15, 0.2) is 5.82 Å². The first-order valence-electron chi connectivity index (χ1n) is 13.7. The van der Waals surface area contributed by atoms with Gasteiger partial charge in [-0.05, 0) is 66.4 Å². The van der Waals surface area contributed by atoms with Gasteiger partial charge >= 0.3 is 0 Å². The number of nitrogens with zero attached hydrogens (tertiary/aromatic N) is 6. The van der Waals surface area contributed by atoms with E-state index in [0.717, 1.165) is 79.1 Å². The minimum Gasteiger partial charge on any atom is -0.495 e. The van der Waals surface area contributed by atoms with Crippen LogP contribution in [0.5, 0.6) is 5.75 Å². The number of rotatable bonds is 7. The number of H-pyrrole nitrogens is 1. The third-order valence-corrected chi connectivity index (χ3v) is 8.08. The van der Waals surface area contributed by atoms with Crippen LogP contribution in [0.4, 0.5) is 5.69 Å². The topological polar surface area (TPSA) is 101 Å². The van der Waals surface area contributed by atoms with Crippen molar-refractivity contribution in [2.45, 2.75) is 45.4 Å². The number of piperazine rings is 1. The number of aryl methyl sites for hydroxylation is 2. The summed E-state index contributed by atoms with van der Waals surface area (Å²) in [6.07, 6.45) is 2.10. The summed E-state index contributed by atoms with van der Waals surface area (Å²) in [6, 6.07) is 13.9. The predicted molar refractivity (Wildman–Crippen MR) is 149 cm³/mol. The fraction of sp³-hybridized carbons (Fsp3) is 0.448. The summed E-state index contributed by atoms with van der Waals surface area (Å²) in [6.45, 7) is 8.48. The van der Waals surface area contributed by atoms with Gasteiger partial charge < -0.3 is 19.4 Å². The third kappa shape index (κ3) is 4.90. The fourth-order valence-corrected chi connectivity index (χ4v) is 5.92. The van der Waals surface area contributed by atoms with E-state index >= 15 is 0 Å². The molecule has 10 heteroatoms. The Balaban J connectivity index is 1.39. The number of anilines is 1. The molecule has 0 bridgehead atoms. The maximum Gasteiger partial charge on any atom is 0.253 e. The zero-order valence-corrected chi connectivity index (χ0v) is 22.8. The molecule has 2 aliphatic heterocycles. The number of ether oxygens (including phenoxy) is 2. The minimum absolute atomic E-state index is 0.0788. The van der Waals surface area contributed by atoms with Crippen molar-refractivity contribution in [1.82, 2.24) is 30.1 Å². The van der Waals surface area contributed by atoms with Crippen molar-refractivity contribution in [3.63, 3.8) is 0 Å². The van der Waals surface area contributed by atoms with Crippen LogP contribution in [0.15, 0.2) is 47.3 Å². The van der Waals surface area contributed by atoms with Gasteiger partial charge in [-0.1, -0.05) is 24.3 Å². The molecule has 6 rings (SSSR count). The summed E-state index contributed by atoms with van der Waals surface area (Å²) in [5, 5.41) is 13.9.